The molecular weight excluding hydrogens is 462 g/mol. The van der Waals surface area contributed by atoms with Crippen LogP contribution in [0.25, 0.3) is 0 Å². The van der Waals surface area contributed by atoms with Crippen molar-refractivity contribution < 1.29 is 24.1 Å². The molecule has 1 saturated heterocycles. The van der Waals surface area contributed by atoms with E-state index in [-0.39, 0.29) is 33.7 Å². The predicted molar refractivity (Wildman–Crippen MR) is 119 cm³/mol. The van der Waals surface area contributed by atoms with E-state index in [1.807, 2.05) is 12.2 Å². The first-order valence-electron chi connectivity index (χ1n) is 10.7. The highest BCUT2D eigenvalue weighted by atomic mass is 35.5. The molecular formula is C24H18ClN3O6. The van der Waals surface area contributed by atoms with Gasteiger partial charge in [-0.3, -0.25) is 29.3 Å². The highest BCUT2D eigenvalue weighted by Crippen LogP contribution is 2.52. The van der Waals surface area contributed by atoms with E-state index in [4.69, 9.17) is 11.6 Å². The van der Waals surface area contributed by atoms with E-state index in [1.54, 1.807) is 12.1 Å². The van der Waals surface area contributed by atoms with Gasteiger partial charge >= 0.3 is 0 Å². The quantitative estimate of drug-likeness (QED) is 0.206. The zero-order valence-corrected chi connectivity index (χ0v) is 18.4. The first-order chi connectivity index (χ1) is 16.3. The average molecular weight is 480 g/mol. The van der Waals surface area contributed by atoms with Gasteiger partial charge in [0.25, 0.3) is 23.4 Å². The van der Waals surface area contributed by atoms with Crippen LogP contribution < -0.4 is 0 Å². The molecule has 1 aliphatic heterocycles. The Labute approximate surface area is 198 Å². The maximum absolute atomic E-state index is 13.5. The van der Waals surface area contributed by atoms with Gasteiger partial charge in [0.1, 0.15) is 6.54 Å². The molecule has 172 valence electrons. The van der Waals surface area contributed by atoms with Crippen molar-refractivity contribution in [3.63, 3.8) is 0 Å². The molecule has 0 spiro atoms. The van der Waals surface area contributed by atoms with Crippen LogP contribution >= 0.6 is 11.6 Å². The molecule has 10 heteroatoms. The Morgan fingerprint density at radius 2 is 1.68 bits per heavy atom. The number of rotatable bonds is 6. The predicted octanol–water partition coefficient (Wildman–Crippen LogP) is 3.30. The Hall–Kier alpha value is -3.85. The van der Waals surface area contributed by atoms with Gasteiger partial charge in [0.05, 0.1) is 27.3 Å². The van der Waals surface area contributed by atoms with Gasteiger partial charge in [-0.05, 0) is 30.4 Å². The first-order valence-corrected chi connectivity index (χ1v) is 11.1. The van der Waals surface area contributed by atoms with Crippen LogP contribution in [0.1, 0.15) is 27.1 Å². The summed E-state index contributed by atoms with van der Waals surface area (Å²) >= 11 is 6.20. The number of imide groups is 1. The van der Waals surface area contributed by atoms with E-state index < -0.39 is 46.8 Å². The molecule has 0 radical (unpaired) electrons. The molecule has 2 aromatic carbocycles. The second kappa shape index (κ2) is 8.18. The van der Waals surface area contributed by atoms with Gasteiger partial charge in [-0.15, -0.1) is 0 Å². The van der Waals surface area contributed by atoms with Crippen molar-refractivity contribution in [1.82, 2.24) is 10.0 Å². The molecule has 9 nitrogen and oxygen atoms in total. The van der Waals surface area contributed by atoms with Gasteiger partial charge < -0.3 is 0 Å². The number of ketones is 1. The molecule has 2 bridgehead atoms. The summed E-state index contributed by atoms with van der Waals surface area (Å²) in [5, 5.41) is 12.8. The lowest BCUT2D eigenvalue weighted by Crippen LogP contribution is -2.52. The number of hydrazine groups is 1. The van der Waals surface area contributed by atoms with Gasteiger partial charge in [0, 0.05) is 17.7 Å². The molecule has 0 aromatic heterocycles. The summed E-state index contributed by atoms with van der Waals surface area (Å²) < 4.78 is 0. The first kappa shape index (κ1) is 22.0. The van der Waals surface area contributed by atoms with E-state index in [1.165, 1.54) is 30.3 Å². The van der Waals surface area contributed by atoms with E-state index in [0.717, 1.165) is 16.1 Å². The largest absolute Gasteiger partial charge is 0.292 e. The summed E-state index contributed by atoms with van der Waals surface area (Å²) in [6.45, 7) is -0.662. The molecule has 4 atom stereocenters. The number of Topliss-reactive ketones (excluding diaryl/α,β-unsaturated/α-hetero) is 1. The molecule has 2 aromatic rings. The Morgan fingerprint density at radius 1 is 1.03 bits per heavy atom. The van der Waals surface area contributed by atoms with E-state index in [2.05, 4.69) is 0 Å². The molecule has 3 aliphatic rings. The zero-order chi connectivity index (χ0) is 24.1. The number of hydrogen-bond donors (Lipinski definition) is 0. The van der Waals surface area contributed by atoms with Crippen LogP contribution in [-0.4, -0.2) is 45.0 Å². The number of carbonyl (C=O) groups is 4. The van der Waals surface area contributed by atoms with Crippen molar-refractivity contribution in [2.45, 2.75) is 6.42 Å². The van der Waals surface area contributed by atoms with E-state index >= 15 is 0 Å². The monoisotopic (exact) mass is 479 g/mol. The molecule has 0 N–H and O–H groups in total. The highest BCUT2D eigenvalue weighted by Gasteiger charge is 2.61. The maximum Gasteiger partial charge on any atom is 0.274 e. The van der Waals surface area contributed by atoms with Gasteiger partial charge in [0.15, 0.2) is 5.78 Å². The Bertz CT molecular complexity index is 1260. The number of amides is 3. The molecule has 2 aliphatic carbocycles. The van der Waals surface area contributed by atoms with Crippen molar-refractivity contribution in [3.8, 4) is 0 Å². The molecule has 1 heterocycles. The number of nitrogens with zero attached hydrogens (tertiary/aromatic N) is 3. The second-order valence-electron chi connectivity index (χ2n) is 8.56. The smallest absolute Gasteiger partial charge is 0.274 e. The molecule has 0 unspecified atom stereocenters. The summed E-state index contributed by atoms with van der Waals surface area (Å²) in [7, 11) is 0. The number of fused-ring (bicyclic) bond motifs is 5. The van der Waals surface area contributed by atoms with Gasteiger partial charge in [-0.2, -0.15) is 5.01 Å². The molecule has 1 saturated carbocycles. The van der Waals surface area contributed by atoms with Crippen LogP contribution in [0.15, 0.2) is 60.7 Å². The summed E-state index contributed by atoms with van der Waals surface area (Å²) in [6.07, 6.45) is 4.57. The lowest BCUT2D eigenvalue weighted by molar-refractivity contribution is -0.384. The minimum Gasteiger partial charge on any atom is -0.292 e. The average Bonchev–Trinajstić information content (AvgIpc) is 3.51. The van der Waals surface area contributed by atoms with Crippen LogP contribution in [0.3, 0.4) is 0 Å². The number of halogens is 1. The summed E-state index contributed by atoms with van der Waals surface area (Å²) in [4.78, 5) is 63.8. The SMILES string of the molecule is O=C(CN(C(=O)c1ccccc1Cl)N1C(=O)[C@@H]2[C@H](C1=O)[C@H]1C=C[C@H]2C1)c1cccc([N+](=O)[O-])c1. The number of allylic oxidation sites excluding steroid dienone is 2. The van der Waals surface area contributed by atoms with Crippen molar-refractivity contribution in [3.05, 3.63) is 86.9 Å². The summed E-state index contributed by atoms with van der Waals surface area (Å²) in [5.41, 5.74) is -0.290. The molecule has 3 amide bonds. The maximum atomic E-state index is 13.5. The third kappa shape index (κ3) is 3.40. The van der Waals surface area contributed by atoms with Gasteiger partial charge in [0.2, 0.25) is 0 Å². The minimum absolute atomic E-state index is 0.0211. The van der Waals surface area contributed by atoms with Crippen LogP contribution in [0, 0.1) is 33.8 Å². The van der Waals surface area contributed by atoms with E-state index in [0.29, 0.717) is 6.42 Å². The lowest BCUT2D eigenvalue weighted by Gasteiger charge is -2.31. The summed E-state index contributed by atoms with van der Waals surface area (Å²) in [6, 6.07) is 11.2. The van der Waals surface area contributed by atoms with E-state index in [9.17, 15) is 29.3 Å². The summed E-state index contributed by atoms with van der Waals surface area (Å²) in [5.74, 6) is -3.82. The number of benzene rings is 2. The van der Waals surface area contributed by atoms with Gasteiger partial charge in [-0.1, -0.05) is 48.0 Å². The zero-order valence-electron chi connectivity index (χ0n) is 17.7. The topological polar surface area (TPSA) is 118 Å². The fourth-order valence-corrected chi connectivity index (χ4v) is 5.37. The van der Waals surface area contributed by atoms with Crippen LogP contribution in [0.4, 0.5) is 5.69 Å². The van der Waals surface area contributed by atoms with Crippen LogP contribution in [-0.2, 0) is 9.59 Å². The standard InChI is InChI=1S/C24H18ClN3O6/c25-18-7-2-1-6-17(18)22(30)26(12-19(29)13-4-3-5-16(11-13)28(33)34)27-23(31)20-14-8-9-15(10-14)21(20)24(27)32/h1-9,11,14-15,20-21H,10,12H2/t14-,15-,20-,21+/m0/s1. The number of non-ortho nitro benzene ring substituents is 1. The number of nitro groups is 1. The Morgan fingerprint density at radius 3 is 2.29 bits per heavy atom. The van der Waals surface area contributed by atoms with Crippen molar-refractivity contribution >= 4 is 40.8 Å². The number of carbonyl (C=O) groups excluding carboxylic acids is 4. The second-order valence-corrected chi connectivity index (χ2v) is 8.97. The van der Waals surface area contributed by atoms with Crippen LogP contribution in [0.2, 0.25) is 5.02 Å². The van der Waals surface area contributed by atoms with Crippen molar-refractivity contribution in [2.75, 3.05) is 6.54 Å². The normalized spacial score (nSPS) is 24.4. The van der Waals surface area contributed by atoms with Crippen molar-refractivity contribution in [1.29, 1.82) is 0 Å². The fourth-order valence-electron chi connectivity index (χ4n) is 5.15. The lowest BCUT2D eigenvalue weighted by atomic mass is 9.85. The minimum atomic E-state index is -0.786. The highest BCUT2D eigenvalue weighted by molar-refractivity contribution is 6.34. The molecule has 34 heavy (non-hydrogen) atoms. The molecule has 2 fully saturated rings. The fraction of sp³-hybridized carbons (Fsp3) is 0.250. The van der Waals surface area contributed by atoms with Crippen LogP contribution in [0.5, 0.6) is 0 Å². The third-order valence-corrected chi connectivity index (χ3v) is 7.03. The van der Waals surface area contributed by atoms with Crippen molar-refractivity contribution in [2.24, 2.45) is 23.7 Å². The molecule has 5 rings (SSSR count). The number of nitro benzene ring substituents is 1. The Balaban J connectivity index is 1.52. The van der Waals surface area contributed by atoms with Gasteiger partial charge in [-0.25, -0.2) is 5.01 Å². The Kier molecular flexibility index (Phi) is 5.28. The number of hydrogen-bond acceptors (Lipinski definition) is 6. The third-order valence-electron chi connectivity index (χ3n) is 6.70.